The molecule has 0 bridgehead atoms. The van der Waals surface area contributed by atoms with Gasteiger partial charge >= 0.3 is 12.4 Å². The highest BCUT2D eigenvalue weighted by Crippen LogP contribution is 2.49. The van der Waals surface area contributed by atoms with Crippen LogP contribution in [0.5, 0.6) is 0 Å². The Kier molecular flexibility index (Phi) is 3.96. The quantitative estimate of drug-likeness (QED) is 0.697. The van der Waals surface area contributed by atoms with Crippen molar-refractivity contribution in [2.45, 2.75) is 38.7 Å². The highest BCUT2D eigenvalue weighted by atomic mass is 19.4. The molecule has 2 aliphatic heterocycles. The van der Waals surface area contributed by atoms with E-state index in [4.69, 9.17) is 0 Å². The summed E-state index contributed by atoms with van der Waals surface area (Å²) in [6, 6.07) is -1.15. The van der Waals surface area contributed by atoms with Crippen molar-refractivity contribution in [3.63, 3.8) is 0 Å². The minimum absolute atomic E-state index is 0.0706. The van der Waals surface area contributed by atoms with Gasteiger partial charge in [-0.15, -0.1) is 0 Å². The molecule has 2 unspecified atom stereocenters. The van der Waals surface area contributed by atoms with Crippen molar-refractivity contribution in [3.05, 3.63) is 34.7 Å². The van der Waals surface area contributed by atoms with Crippen LogP contribution >= 0.6 is 0 Å². The molecule has 9 heteroatoms. The number of amides is 1. The molecular weight excluding hydrogens is 350 g/mol. The summed E-state index contributed by atoms with van der Waals surface area (Å²) in [6.07, 6.45) is -8.14. The highest BCUT2D eigenvalue weighted by Gasteiger charge is 2.52. The highest BCUT2D eigenvalue weighted by molar-refractivity contribution is 5.95. The Morgan fingerprint density at radius 3 is 2.28 bits per heavy atom. The number of carbonyl (C=O) groups is 1. The molecule has 138 valence electrons. The zero-order valence-corrected chi connectivity index (χ0v) is 13.3. The molecule has 3 nitrogen and oxygen atoms in total. The van der Waals surface area contributed by atoms with Crippen LogP contribution in [0.25, 0.3) is 0 Å². The Bertz CT molecular complexity index is 700. The van der Waals surface area contributed by atoms with E-state index in [1.54, 1.807) is 13.8 Å². The number of nitrogens with one attached hydrogen (secondary N) is 2. The van der Waals surface area contributed by atoms with Gasteiger partial charge in [0, 0.05) is 23.5 Å². The van der Waals surface area contributed by atoms with Gasteiger partial charge in [-0.3, -0.25) is 4.79 Å². The molecule has 25 heavy (non-hydrogen) atoms. The minimum Gasteiger partial charge on any atom is -0.384 e. The smallest absolute Gasteiger partial charge is 0.384 e. The van der Waals surface area contributed by atoms with Crippen LogP contribution in [-0.4, -0.2) is 24.3 Å². The van der Waals surface area contributed by atoms with Crippen LogP contribution in [-0.2, 0) is 4.79 Å². The molecule has 0 aromatic carbocycles. The second-order valence-corrected chi connectivity index (χ2v) is 6.71. The first-order valence-corrected chi connectivity index (χ1v) is 7.77. The lowest BCUT2D eigenvalue weighted by Crippen LogP contribution is -2.50. The maximum atomic E-state index is 13.7. The molecular formula is C16H16F6N2O. The Labute approximate surface area is 139 Å². The summed E-state index contributed by atoms with van der Waals surface area (Å²) in [5, 5.41) is 4.85. The molecule has 4 atom stereocenters. The molecule has 0 aromatic rings. The van der Waals surface area contributed by atoms with Crippen LogP contribution in [0.1, 0.15) is 20.3 Å². The average molecular weight is 366 g/mol. The Hall–Kier alpha value is -1.93. The van der Waals surface area contributed by atoms with Gasteiger partial charge in [0.05, 0.1) is 6.42 Å². The van der Waals surface area contributed by atoms with Crippen molar-refractivity contribution in [2.75, 3.05) is 0 Å². The average Bonchev–Trinajstić information content (AvgIpc) is 2.79. The standard InChI is InChI=1S/C16H16F6N2O/c1-6-7(2)11(5-15(17,18)19)24-14-8(6)3-10-9(4-12(25)23-10)13(14)16(20,21)22/h3-4,6-7,11,13,24H,5H2,1-2H3,(H,23,25)/t6?,7-,11-,13?/m1/s1. The lowest BCUT2D eigenvalue weighted by atomic mass is 9.72. The van der Waals surface area contributed by atoms with E-state index in [0.29, 0.717) is 5.57 Å². The number of hydrogen-bond acceptors (Lipinski definition) is 2. The third kappa shape index (κ3) is 3.16. The van der Waals surface area contributed by atoms with E-state index in [1.807, 2.05) is 0 Å². The van der Waals surface area contributed by atoms with Crippen LogP contribution in [0.15, 0.2) is 34.7 Å². The van der Waals surface area contributed by atoms with Crippen molar-refractivity contribution in [1.82, 2.24) is 10.6 Å². The van der Waals surface area contributed by atoms with Crippen LogP contribution in [0.4, 0.5) is 26.3 Å². The van der Waals surface area contributed by atoms with E-state index in [2.05, 4.69) is 10.6 Å². The predicted octanol–water partition coefficient (Wildman–Crippen LogP) is 3.57. The Balaban J connectivity index is 2.07. The van der Waals surface area contributed by atoms with E-state index < -0.39 is 48.5 Å². The van der Waals surface area contributed by atoms with E-state index in [0.717, 1.165) is 6.08 Å². The van der Waals surface area contributed by atoms with E-state index >= 15 is 0 Å². The first-order chi connectivity index (χ1) is 11.4. The number of hydrogen-bond donors (Lipinski definition) is 2. The predicted molar refractivity (Wildman–Crippen MR) is 76.8 cm³/mol. The van der Waals surface area contributed by atoms with Gasteiger partial charge in [0.15, 0.2) is 0 Å². The molecule has 1 amide bonds. The summed E-state index contributed by atoms with van der Waals surface area (Å²) in [6.45, 7) is 3.19. The van der Waals surface area contributed by atoms with Gasteiger partial charge in [0.25, 0.3) is 0 Å². The van der Waals surface area contributed by atoms with Crippen molar-refractivity contribution in [1.29, 1.82) is 0 Å². The van der Waals surface area contributed by atoms with Crippen molar-refractivity contribution < 1.29 is 31.1 Å². The zero-order valence-electron chi connectivity index (χ0n) is 13.3. The maximum Gasteiger partial charge on any atom is 0.401 e. The number of allylic oxidation sites excluding steroid dienone is 4. The number of alkyl halides is 6. The lowest BCUT2D eigenvalue weighted by molar-refractivity contribution is -0.158. The topological polar surface area (TPSA) is 41.1 Å². The lowest BCUT2D eigenvalue weighted by Gasteiger charge is -2.43. The Morgan fingerprint density at radius 1 is 1.08 bits per heavy atom. The first kappa shape index (κ1) is 17.9. The van der Waals surface area contributed by atoms with Gasteiger partial charge in [-0.1, -0.05) is 13.8 Å². The molecule has 0 fully saturated rings. The van der Waals surface area contributed by atoms with Crippen molar-refractivity contribution >= 4 is 5.91 Å². The second kappa shape index (κ2) is 5.54. The minimum atomic E-state index is -4.73. The van der Waals surface area contributed by atoms with Crippen molar-refractivity contribution in [2.24, 2.45) is 17.8 Å². The van der Waals surface area contributed by atoms with Crippen LogP contribution < -0.4 is 10.6 Å². The fourth-order valence-electron chi connectivity index (χ4n) is 3.71. The molecule has 2 heterocycles. The molecule has 1 aliphatic carbocycles. The van der Waals surface area contributed by atoms with Gasteiger partial charge in [-0.2, -0.15) is 26.3 Å². The normalized spacial score (nSPS) is 32.4. The van der Waals surface area contributed by atoms with Gasteiger partial charge in [0.1, 0.15) is 5.92 Å². The summed E-state index contributed by atoms with van der Waals surface area (Å²) < 4.78 is 79.4. The van der Waals surface area contributed by atoms with Crippen LogP contribution in [0.3, 0.4) is 0 Å². The Morgan fingerprint density at radius 2 is 1.72 bits per heavy atom. The molecule has 3 rings (SSSR count). The summed E-state index contributed by atoms with van der Waals surface area (Å²) in [5.74, 6) is -3.83. The molecule has 0 spiro atoms. The summed E-state index contributed by atoms with van der Waals surface area (Å²) >= 11 is 0. The summed E-state index contributed by atoms with van der Waals surface area (Å²) in [4.78, 5) is 11.5. The van der Waals surface area contributed by atoms with Crippen LogP contribution in [0, 0.1) is 17.8 Å². The molecule has 3 aliphatic rings. The third-order valence-corrected chi connectivity index (χ3v) is 5.10. The fourth-order valence-corrected chi connectivity index (χ4v) is 3.71. The largest absolute Gasteiger partial charge is 0.401 e. The monoisotopic (exact) mass is 366 g/mol. The molecule has 0 saturated carbocycles. The van der Waals surface area contributed by atoms with Gasteiger partial charge in [-0.05, 0) is 29.1 Å². The molecule has 2 N–H and O–H groups in total. The number of rotatable bonds is 1. The van der Waals surface area contributed by atoms with E-state index in [-0.39, 0.29) is 17.0 Å². The van der Waals surface area contributed by atoms with Crippen molar-refractivity contribution in [3.8, 4) is 0 Å². The number of fused-ring (bicyclic) bond motifs is 1. The molecule has 0 aromatic heterocycles. The third-order valence-electron chi connectivity index (χ3n) is 5.10. The number of halogens is 6. The SMILES string of the molecule is CC1C2=C(N[C@H](CC(F)(F)F)[C@@H]1C)C(C(F)(F)F)C1=CC(=O)NC1=C2. The zero-order chi connectivity index (χ0) is 18.7. The summed E-state index contributed by atoms with van der Waals surface area (Å²) in [5.41, 5.74) is -0.168. The fraction of sp³-hybridized carbons (Fsp3) is 0.562. The first-order valence-electron chi connectivity index (χ1n) is 7.77. The number of carbonyl (C=O) groups excluding carboxylic acids is 1. The van der Waals surface area contributed by atoms with E-state index in [9.17, 15) is 31.1 Å². The second-order valence-electron chi connectivity index (χ2n) is 6.71. The van der Waals surface area contributed by atoms with Crippen LogP contribution in [0.2, 0.25) is 0 Å². The maximum absolute atomic E-state index is 13.7. The van der Waals surface area contributed by atoms with Gasteiger partial charge in [-0.25, -0.2) is 0 Å². The van der Waals surface area contributed by atoms with Gasteiger partial charge in [0.2, 0.25) is 5.91 Å². The summed E-state index contributed by atoms with van der Waals surface area (Å²) in [7, 11) is 0. The van der Waals surface area contributed by atoms with E-state index in [1.165, 1.54) is 6.08 Å². The molecule has 0 saturated heterocycles. The molecule has 0 radical (unpaired) electrons. The van der Waals surface area contributed by atoms with Gasteiger partial charge < -0.3 is 10.6 Å².